The molecule has 0 aromatic carbocycles. The van der Waals surface area contributed by atoms with E-state index < -0.39 is 5.60 Å². The molecule has 2 nitrogen and oxygen atoms in total. The molecule has 1 atom stereocenters. The lowest BCUT2D eigenvalue weighted by atomic mass is 10.0. The molecular formula is C8H15NOS. The molecule has 64 valence electrons. The molecule has 0 heterocycles. The molecule has 0 aliphatic rings. The Kier molecular flexibility index (Phi) is 4.55. The van der Waals surface area contributed by atoms with Crippen molar-refractivity contribution in [2.24, 2.45) is 0 Å². The summed E-state index contributed by atoms with van der Waals surface area (Å²) >= 11 is 1.27. The van der Waals surface area contributed by atoms with Crippen molar-refractivity contribution in [3.8, 4) is 5.40 Å². The first-order chi connectivity index (χ1) is 4.95. The van der Waals surface area contributed by atoms with Crippen LogP contribution in [0.25, 0.3) is 0 Å². The molecule has 0 aliphatic heterocycles. The zero-order valence-corrected chi connectivity index (χ0v) is 8.11. The van der Waals surface area contributed by atoms with Crippen molar-refractivity contribution in [2.75, 3.05) is 0 Å². The zero-order chi connectivity index (χ0) is 8.91. The zero-order valence-electron chi connectivity index (χ0n) is 7.29. The average molecular weight is 173 g/mol. The van der Waals surface area contributed by atoms with Gasteiger partial charge in [0.1, 0.15) is 5.40 Å². The largest absolute Gasteiger partial charge is 0.390 e. The number of aliphatic hydroxyl groups is 1. The van der Waals surface area contributed by atoms with Crippen molar-refractivity contribution in [1.82, 2.24) is 0 Å². The number of hydrogen-bond acceptors (Lipinski definition) is 3. The Morgan fingerprint density at radius 2 is 2.18 bits per heavy atom. The van der Waals surface area contributed by atoms with Gasteiger partial charge >= 0.3 is 0 Å². The van der Waals surface area contributed by atoms with Gasteiger partial charge in [-0.25, -0.2) is 0 Å². The third-order valence-electron chi connectivity index (χ3n) is 1.42. The van der Waals surface area contributed by atoms with E-state index in [1.165, 1.54) is 11.8 Å². The molecule has 0 aromatic heterocycles. The fraction of sp³-hybridized carbons (Fsp3) is 0.875. The van der Waals surface area contributed by atoms with Gasteiger partial charge in [-0.15, -0.1) is 0 Å². The van der Waals surface area contributed by atoms with Crippen LogP contribution in [0.1, 0.15) is 33.6 Å². The lowest BCUT2D eigenvalue weighted by molar-refractivity contribution is 0.0690. The molecule has 0 aliphatic carbocycles. The molecule has 11 heavy (non-hydrogen) atoms. The summed E-state index contributed by atoms with van der Waals surface area (Å²) in [6, 6.07) is 0. The van der Waals surface area contributed by atoms with Gasteiger partial charge in [-0.05, 0) is 38.5 Å². The minimum absolute atomic E-state index is 0.325. The smallest absolute Gasteiger partial charge is 0.133 e. The second kappa shape index (κ2) is 4.63. The van der Waals surface area contributed by atoms with Gasteiger partial charge < -0.3 is 5.11 Å². The minimum Gasteiger partial charge on any atom is -0.390 e. The minimum atomic E-state index is -0.593. The number of thiocyanates is 1. The van der Waals surface area contributed by atoms with Gasteiger partial charge in [-0.2, -0.15) is 5.26 Å². The Hall–Kier alpha value is -0.200. The highest BCUT2D eigenvalue weighted by atomic mass is 32.2. The van der Waals surface area contributed by atoms with Crippen LogP contribution in [0.5, 0.6) is 0 Å². The van der Waals surface area contributed by atoms with Crippen molar-refractivity contribution in [2.45, 2.75) is 44.5 Å². The van der Waals surface area contributed by atoms with Crippen LogP contribution in [0.3, 0.4) is 0 Å². The van der Waals surface area contributed by atoms with Crippen molar-refractivity contribution < 1.29 is 5.11 Å². The number of rotatable bonds is 4. The summed E-state index contributed by atoms with van der Waals surface area (Å²) in [6.07, 6.45) is 1.64. The number of nitriles is 1. The van der Waals surface area contributed by atoms with Gasteiger partial charge in [-0.3, -0.25) is 0 Å². The predicted octanol–water partition coefficient (Wildman–Crippen LogP) is 2.14. The van der Waals surface area contributed by atoms with Gasteiger partial charge in [0, 0.05) is 5.25 Å². The van der Waals surface area contributed by atoms with E-state index in [4.69, 9.17) is 5.26 Å². The van der Waals surface area contributed by atoms with E-state index >= 15 is 0 Å². The summed E-state index contributed by atoms with van der Waals surface area (Å²) < 4.78 is 0. The summed E-state index contributed by atoms with van der Waals surface area (Å²) in [7, 11) is 0. The Morgan fingerprint density at radius 3 is 2.55 bits per heavy atom. The van der Waals surface area contributed by atoms with Crippen LogP contribution in [0, 0.1) is 10.7 Å². The van der Waals surface area contributed by atoms with Crippen molar-refractivity contribution >= 4 is 11.8 Å². The van der Waals surface area contributed by atoms with E-state index in [1.807, 2.05) is 12.3 Å². The Balaban J connectivity index is 3.48. The second-order valence-corrected chi connectivity index (χ2v) is 4.59. The highest BCUT2D eigenvalue weighted by Gasteiger charge is 2.14. The van der Waals surface area contributed by atoms with Crippen LogP contribution >= 0.6 is 11.8 Å². The Bertz CT molecular complexity index is 145. The van der Waals surface area contributed by atoms with E-state index in [0.29, 0.717) is 5.25 Å². The molecule has 0 radical (unpaired) electrons. The van der Waals surface area contributed by atoms with Gasteiger partial charge in [-0.1, -0.05) is 6.92 Å². The molecular weight excluding hydrogens is 158 g/mol. The maximum atomic E-state index is 9.34. The van der Waals surface area contributed by atoms with E-state index in [9.17, 15) is 5.11 Å². The standard InChI is InChI=1S/C8H15NOS/c1-7(11-6-9)4-5-8(2,3)10/h7,10H,4-5H2,1-3H3. The van der Waals surface area contributed by atoms with E-state index in [1.54, 1.807) is 13.8 Å². The van der Waals surface area contributed by atoms with Gasteiger partial charge in [0.15, 0.2) is 0 Å². The first-order valence-corrected chi connectivity index (χ1v) is 4.61. The summed E-state index contributed by atoms with van der Waals surface area (Å²) in [5.74, 6) is 0. The summed E-state index contributed by atoms with van der Waals surface area (Å²) in [5.41, 5.74) is -0.593. The SMILES string of the molecule is CC(CCC(C)(C)O)SC#N. The lowest BCUT2D eigenvalue weighted by Gasteiger charge is -2.17. The Labute approximate surface area is 72.6 Å². The van der Waals surface area contributed by atoms with E-state index in [2.05, 4.69) is 0 Å². The van der Waals surface area contributed by atoms with E-state index in [-0.39, 0.29) is 0 Å². The lowest BCUT2D eigenvalue weighted by Crippen LogP contribution is -2.19. The van der Waals surface area contributed by atoms with Crippen molar-refractivity contribution in [3.63, 3.8) is 0 Å². The van der Waals surface area contributed by atoms with Gasteiger partial charge in [0.25, 0.3) is 0 Å². The van der Waals surface area contributed by atoms with E-state index in [0.717, 1.165) is 12.8 Å². The topological polar surface area (TPSA) is 44.0 Å². The summed E-state index contributed by atoms with van der Waals surface area (Å²) in [6.45, 7) is 5.58. The molecule has 0 rings (SSSR count). The summed E-state index contributed by atoms with van der Waals surface area (Å²) in [4.78, 5) is 0. The molecule has 0 saturated carbocycles. The number of thioether (sulfide) groups is 1. The van der Waals surface area contributed by atoms with Crippen LogP contribution < -0.4 is 0 Å². The first-order valence-electron chi connectivity index (χ1n) is 3.73. The fourth-order valence-corrected chi connectivity index (χ4v) is 1.12. The molecule has 0 bridgehead atoms. The maximum absolute atomic E-state index is 9.34. The molecule has 0 amide bonds. The van der Waals surface area contributed by atoms with Gasteiger partial charge in [0.05, 0.1) is 5.60 Å². The molecule has 0 fully saturated rings. The molecule has 0 saturated heterocycles. The van der Waals surface area contributed by atoms with Gasteiger partial charge in [0.2, 0.25) is 0 Å². The van der Waals surface area contributed by atoms with Crippen LogP contribution in [-0.2, 0) is 0 Å². The van der Waals surface area contributed by atoms with Crippen LogP contribution in [0.4, 0.5) is 0 Å². The third kappa shape index (κ3) is 7.70. The van der Waals surface area contributed by atoms with Crippen LogP contribution in [0.2, 0.25) is 0 Å². The quantitative estimate of drug-likeness (QED) is 0.662. The second-order valence-electron chi connectivity index (χ2n) is 3.37. The molecule has 3 heteroatoms. The van der Waals surface area contributed by atoms with Crippen LogP contribution in [-0.4, -0.2) is 16.0 Å². The first kappa shape index (κ1) is 10.8. The fourth-order valence-electron chi connectivity index (χ4n) is 0.705. The molecule has 0 spiro atoms. The normalized spacial score (nSPS) is 14.1. The molecule has 1 unspecified atom stereocenters. The van der Waals surface area contributed by atoms with Crippen molar-refractivity contribution in [1.29, 1.82) is 5.26 Å². The molecule has 0 aromatic rings. The number of nitrogens with zero attached hydrogens (tertiary/aromatic N) is 1. The average Bonchev–Trinajstić information content (AvgIpc) is 1.83. The van der Waals surface area contributed by atoms with Crippen LogP contribution in [0.15, 0.2) is 0 Å². The number of hydrogen-bond donors (Lipinski definition) is 1. The molecule has 1 N–H and O–H groups in total. The van der Waals surface area contributed by atoms with Crippen molar-refractivity contribution in [3.05, 3.63) is 0 Å². The maximum Gasteiger partial charge on any atom is 0.133 e. The highest BCUT2D eigenvalue weighted by molar-refractivity contribution is 8.04. The monoisotopic (exact) mass is 173 g/mol. The third-order valence-corrected chi connectivity index (χ3v) is 2.16. The Morgan fingerprint density at radius 1 is 1.64 bits per heavy atom. The summed E-state index contributed by atoms with van der Waals surface area (Å²) in [5, 5.41) is 20.0. The highest BCUT2D eigenvalue weighted by Crippen LogP contribution is 2.19. The predicted molar refractivity (Wildman–Crippen MR) is 48.2 cm³/mol.